The molecule has 6 fully saturated rings. The van der Waals surface area contributed by atoms with Gasteiger partial charge in [0.15, 0.2) is 18.7 Å². The van der Waals surface area contributed by atoms with Gasteiger partial charge in [0, 0.05) is 0 Å². The van der Waals surface area contributed by atoms with E-state index in [0.717, 1.165) is 38.4 Å². The Labute approximate surface area is 333 Å². The number of carboxylic acids is 2. The predicted octanol–water partition coefficient (Wildman–Crippen LogP) is 2.15. The second-order valence-corrected chi connectivity index (χ2v) is 20.4. The first-order valence-corrected chi connectivity index (χ1v) is 20.8. The molecule has 5 aliphatic carbocycles. The quantitative estimate of drug-likeness (QED) is 0.0995. The molecule has 8 N–H and O–H groups in total. The summed E-state index contributed by atoms with van der Waals surface area (Å²) in [6.07, 6.45) is -8.40. The molecule has 57 heavy (non-hydrogen) atoms. The third kappa shape index (κ3) is 6.31. The van der Waals surface area contributed by atoms with Crippen molar-refractivity contribution >= 4 is 18.2 Å². The Kier molecular flexibility index (Phi) is 11.0. The first-order chi connectivity index (χ1) is 26.5. The molecule has 7 aliphatic rings. The number of carbonyl (C=O) groups excluding carboxylic acids is 1. The van der Waals surface area contributed by atoms with Crippen LogP contribution in [0.15, 0.2) is 11.6 Å². The van der Waals surface area contributed by atoms with E-state index in [0.29, 0.717) is 32.1 Å². The fourth-order valence-corrected chi connectivity index (χ4v) is 13.5. The van der Waals surface area contributed by atoms with E-state index < -0.39 is 96.9 Å². The van der Waals surface area contributed by atoms with Crippen LogP contribution < -0.4 is 0 Å². The molecule has 15 nitrogen and oxygen atoms in total. The van der Waals surface area contributed by atoms with Gasteiger partial charge < -0.3 is 64.6 Å². The number of aldehydes is 1. The summed E-state index contributed by atoms with van der Waals surface area (Å²) in [5.74, 6) is -2.34. The van der Waals surface area contributed by atoms with Crippen LogP contribution in [0.5, 0.6) is 0 Å². The summed E-state index contributed by atoms with van der Waals surface area (Å²) in [5.41, 5.74) is -1.32. The summed E-state index contributed by atoms with van der Waals surface area (Å²) in [4.78, 5) is 38.8. The van der Waals surface area contributed by atoms with Crippen LogP contribution in [0.3, 0.4) is 0 Å². The van der Waals surface area contributed by atoms with E-state index in [-0.39, 0.29) is 39.4 Å². The fourth-order valence-electron chi connectivity index (χ4n) is 13.5. The maximum absolute atomic E-state index is 13.5. The number of hydrogen-bond acceptors (Lipinski definition) is 13. The molecule has 0 aromatic carbocycles. The Morgan fingerprint density at radius 1 is 0.789 bits per heavy atom. The highest BCUT2D eigenvalue weighted by Crippen LogP contribution is 2.76. The summed E-state index contributed by atoms with van der Waals surface area (Å²) in [6, 6.07) is 0. The van der Waals surface area contributed by atoms with Gasteiger partial charge in [-0.15, -0.1) is 0 Å². The van der Waals surface area contributed by atoms with Gasteiger partial charge in [0.25, 0.3) is 0 Å². The fraction of sp³-hybridized carbons (Fsp3) is 0.881. The van der Waals surface area contributed by atoms with Gasteiger partial charge in [0.1, 0.15) is 49.0 Å². The molecule has 7 rings (SSSR count). The summed E-state index contributed by atoms with van der Waals surface area (Å²) in [6.45, 7) is 12.6. The zero-order valence-corrected chi connectivity index (χ0v) is 34.0. The monoisotopic (exact) mass is 808 g/mol. The van der Waals surface area contributed by atoms with E-state index in [1.165, 1.54) is 5.57 Å². The number of fused-ring (bicyclic) bond motifs is 7. The molecule has 19 atom stereocenters. The van der Waals surface area contributed by atoms with Gasteiger partial charge in [0.2, 0.25) is 0 Å². The Hall–Kier alpha value is -2.05. The van der Waals surface area contributed by atoms with Crippen molar-refractivity contribution in [2.45, 2.75) is 173 Å². The Bertz CT molecular complexity index is 1620. The van der Waals surface area contributed by atoms with Gasteiger partial charge in [-0.2, -0.15) is 0 Å². The number of carbonyl (C=O) groups is 3. The van der Waals surface area contributed by atoms with Crippen molar-refractivity contribution in [3.63, 3.8) is 0 Å². The number of carboxylic acid groups (broad SMARTS) is 2. The molecule has 2 saturated heterocycles. The van der Waals surface area contributed by atoms with Gasteiger partial charge in [-0.3, -0.25) is 4.79 Å². The van der Waals surface area contributed by atoms with Crippen molar-refractivity contribution < 1.29 is 74.2 Å². The highest BCUT2D eigenvalue weighted by Gasteiger charge is 2.70. The molecule has 2 heterocycles. The third-order valence-corrected chi connectivity index (χ3v) is 17.2. The molecular weight excluding hydrogens is 744 g/mol. The zero-order valence-electron chi connectivity index (χ0n) is 34.0. The average Bonchev–Trinajstić information content (AvgIpc) is 3.15. The lowest BCUT2D eigenvalue weighted by molar-refractivity contribution is -0.373. The second-order valence-electron chi connectivity index (χ2n) is 20.4. The Balaban J connectivity index is 1.18. The van der Waals surface area contributed by atoms with E-state index in [1.807, 2.05) is 6.92 Å². The molecule has 0 aromatic heterocycles. The standard InChI is InChI=1S/C42H64O15/c1-37(2)13-15-42(36(52)53)16-14-40(5)20(21(42)17-37)7-8-24-38(3)11-10-25(39(4,19-44)23(38)9-12-41(24,40)6)55-35-32(29(48)28(47)31(56-35)33(50)51)57-34-30(49)27(46)26(45)22(18-43)54-34/h7,19,21-32,34-35,43,45-49H,8-18H2,1-6H3,(H,50,51)(H,52,53)/t21-,22+,23-,24-,25+,26+,27-,28+,29-,30+,31+,32-,34-,35+,38+,39+,40-,41-,42-/m1/s1. The van der Waals surface area contributed by atoms with Crippen LogP contribution >= 0.6 is 0 Å². The molecule has 0 spiro atoms. The van der Waals surface area contributed by atoms with Gasteiger partial charge in [-0.25, -0.2) is 4.79 Å². The zero-order chi connectivity index (χ0) is 41.8. The maximum atomic E-state index is 13.5. The molecule has 0 unspecified atom stereocenters. The Morgan fingerprint density at radius 2 is 1.47 bits per heavy atom. The van der Waals surface area contributed by atoms with Gasteiger partial charge in [-0.05, 0) is 104 Å². The lowest BCUT2D eigenvalue weighted by Gasteiger charge is -2.71. The number of aliphatic hydroxyl groups excluding tert-OH is 6. The van der Waals surface area contributed by atoms with Crippen molar-refractivity contribution in [1.29, 1.82) is 0 Å². The Morgan fingerprint density at radius 3 is 2.11 bits per heavy atom. The molecule has 322 valence electrons. The summed E-state index contributed by atoms with van der Waals surface area (Å²) >= 11 is 0. The number of allylic oxidation sites excluding steroid dienone is 2. The van der Waals surface area contributed by atoms with Gasteiger partial charge in [0.05, 0.1) is 23.5 Å². The number of aliphatic hydroxyl groups is 6. The molecule has 15 heteroatoms. The van der Waals surface area contributed by atoms with Crippen LogP contribution in [0.25, 0.3) is 0 Å². The molecule has 0 amide bonds. The van der Waals surface area contributed by atoms with Gasteiger partial charge in [-0.1, -0.05) is 53.2 Å². The normalized spacial score (nSPS) is 53.2. The maximum Gasteiger partial charge on any atom is 0.335 e. The van der Waals surface area contributed by atoms with Crippen molar-refractivity contribution in [2.75, 3.05) is 6.61 Å². The van der Waals surface area contributed by atoms with E-state index in [9.17, 15) is 55.2 Å². The first-order valence-electron chi connectivity index (χ1n) is 20.8. The minimum Gasteiger partial charge on any atom is -0.481 e. The topological polar surface area (TPSA) is 250 Å². The van der Waals surface area contributed by atoms with E-state index >= 15 is 0 Å². The number of ether oxygens (including phenoxy) is 4. The van der Waals surface area contributed by atoms with E-state index in [1.54, 1.807) is 0 Å². The molecule has 0 bridgehead atoms. The smallest absolute Gasteiger partial charge is 0.335 e. The number of aliphatic carboxylic acids is 2. The lowest BCUT2D eigenvalue weighted by Crippen LogP contribution is -2.67. The molecule has 2 aliphatic heterocycles. The van der Waals surface area contributed by atoms with Crippen molar-refractivity contribution in [2.24, 2.45) is 50.2 Å². The van der Waals surface area contributed by atoms with Crippen LogP contribution in [0, 0.1) is 50.2 Å². The predicted molar refractivity (Wildman–Crippen MR) is 199 cm³/mol. The van der Waals surface area contributed by atoms with Crippen molar-refractivity contribution in [3.05, 3.63) is 11.6 Å². The van der Waals surface area contributed by atoms with E-state index in [4.69, 9.17) is 18.9 Å². The molecule has 0 radical (unpaired) electrons. The van der Waals surface area contributed by atoms with Crippen LogP contribution in [0.2, 0.25) is 0 Å². The average molecular weight is 809 g/mol. The van der Waals surface area contributed by atoms with E-state index in [2.05, 4.69) is 40.7 Å². The van der Waals surface area contributed by atoms with Crippen LogP contribution in [0.4, 0.5) is 0 Å². The molecule has 4 saturated carbocycles. The van der Waals surface area contributed by atoms with Crippen LogP contribution in [-0.4, -0.2) is 133 Å². The largest absolute Gasteiger partial charge is 0.481 e. The highest BCUT2D eigenvalue weighted by molar-refractivity contribution is 5.76. The summed E-state index contributed by atoms with van der Waals surface area (Å²) < 4.78 is 23.6. The summed E-state index contributed by atoms with van der Waals surface area (Å²) in [7, 11) is 0. The minimum atomic E-state index is -2.01. The van der Waals surface area contributed by atoms with Crippen LogP contribution in [-0.2, 0) is 33.3 Å². The molecular formula is C42H64O15. The third-order valence-electron chi connectivity index (χ3n) is 17.2. The second kappa shape index (κ2) is 14.6. The highest BCUT2D eigenvalue weighted by atomic mass is 16.8. The van der Waals surface area contributed by atoms with Crippen molar-refractivity contribution in [3.8, 4) is 0 Å². The van der Waals surface area contributed by atoms with Crippen LogP contribution in [0.1, 0.15) is 106 Å². The van der Waals surface area contributed by atoms with Gasteiger partial charge >= 0.3 is 11.9 Å². The minimum absolute atomic E-state index is 0.0355. The van der Waals surface area contributed by atoms with Crippen molar-refractivity contribution in [1.82, 2.24) is 0 Å². The number of rotatable bonds is 8. The number of hydrogen-bond donors (Lipinski definition) is 8. The summed E-state index contributed by atoms with van der Waals surface area (Å²) in [5, 5.41) is 83.7. The lowest BCUT2D eigenvalue weighted by atomic mass is 9.33. The molecule has 0 aromatic rings. The SMILES string of the molecule is CC1(C)CC[C@@]2(C(=O)O)CC[C@]3(C)C(=CC[C@@H]4[C@@]5(C)CC[C@H](O[C@H]6O[C@H](C(=O)O)[C@@H](O)[C@@H](O)[C@H]6O[C@H]6O[C@@H](CO)[C@H](O)[C@@H](O)[C@@H]6O)[C@@](C)(C=O)[C@@H]5CC[C@]43C)[C@H]2C1. The first kappa shape index (κ1) is 43.1.